The van der Waals surface area contributed by atoms with Gasteiger partial charge in [0, 0.05) is 24.0 Å². The molecule has 3 amide bonds. The van der Waals surface area contributed by atoms with Crippen LogP contribution in [0, 0.1) is 0 Å². The maximum atomic E-state index is 11.9. The molecule has 0 radical (unpaired) electrons. The summed E-state index contributed by atoms with van der Waals surface area (Å²) >= 11 is 1.90. The van der Waals surface area contributed by atoms with Gasteiger partial charge in [0.25, 0.3) is 0 Å². The number of aliphatic hydroxyl groups excluding tert-OH is 1. The van der Waals surface area contributed by atoms with E-state index in [0.29, 0.717) is 84.3 Å². The van der Waals surface area contributed by atoms with Crippen LogP contribution in [0.5, 0.6) is 0 Å². The van der Waals surface area contributed by atoms with Gasteiger partial charge in [-0.3, -0.25) is 4.79 Å². The lowest BCUT2D eigenvalue weighted by molar-refractivity contribution is -0.121. The Morgan fingerprint density at radius 2 is 1.47 bits per heavy atom. The van der Waals surface area contributed by atoms with Gasteiger partial charge in [0.2, 0.25) is 5.91 Å². The lowest BCUT2D eigenvalue weighted by atomic mass is 10.0. The SMILES string of the molecule is O=C(CCCC[C@@H]1SC[C@H]2NC(=O)N[C@H]12)NCCOCCOCCOCCOCCOCCO. The van der Waals surface area contributed by atoms with Crippen molar-refractivity contribution in [3.05, 3.63) is 0 Å². The summed E-state index contributed by atoms with van der Waals surface area (Å²) in [6.45, 7) is 5.18. The van der Waals surface area contributed by atoms with Gasteiger partial charge in [-0.05, 0) is 12.8 Å². The monoisotopic (exact) mass is 507 g/mol. The summed E-state index contributed by atoms with van der Waals surface area (Å²) in [6.07, 6.45) is 3.37. The average molecular weight is 508 g/mol. The Kier molecular flexibility index (Phi) is 16.3. The molecular formula is C22H41N3O8S. The third-order valence-corrected chi connectivity index (χ3v) is 6.88. The van der Waals surface area contributed by atoms with Gasteiger partial charge >= 0.3 is 6.03 Å². The number of ether oxygens (including phenoxy) is 5. The zero-order chi connectivity index (χ0) is 24.3. The molecule has 2 fully saturated rings. The minimum atomic E-state index is -0.0573. The van der Waals surface area contributed by atoms with Crippen molar-refractivity contribution in [1.82, 2.24) is 16.0 Å². The molecule has 11 nitrogen and oxygen atoms in total. The van der Waals surface area contributed by atoms with Gasteiger partial charge in [-0.15, -0.1) is 0 Å². The molecule has 2 heterocycles. The molecule has 198 valence electrons. The van der Waals surface area contributed by atoms with E-state index in [1.807, 2.05) is 11.8 Å². The molecule has 3 atom stereocenters. The second-order valence-corrected chi connectivity index (χ2v) is 9.28. The first-order valence-corrected chi connectivity index (χ1v) is 13.2. The number of nitrogens with one attached hydrogen (secondary N) is 3. The number of carbonyl (C=O) groups is 2. The zero-order valence-corrected chi connectivity index (χ0v) is 20.8. The highest BCUT2D eigenvalue weighted by Gasteiger charge is 2.42. The number of fused-ring (bicyclic) bond motifs is 1. The molecule has 0 aromatic heterocycles. The number of unbranched alkanes of at least 4 members (excludes halogenated alkanes) is 1. The molecule has 0 unspecified atom stereocenters. The highest BCUT2D eigenvalue weighted by atomic mass is 32.2. The molecule has 2 saturated heterocycles. The summed E-state index contributed by atoms with van der Waals surface area (Å²) in [5.74, 6) is 1.01. The average Bonchev–Trinajstić information content (AvgIpc) is 3.38. The van der Waals surface area contributed by atoms with E-state index >= 15 is 0 Å². The largest absolute Gasteiger partial charge is 0.394 e. The maximum Gasteiger partial charge on any atom is 0.315 e. The first-order chi connectivity index (χ1) is 16.7. The number of thioether (sulfide) groups is 1. The number of hydrogen-bond acceptors (Lipinski definition) is 9. The number of hydrogen-bond donors (Lipinski definition) is 4. The summed E-state index contributed by atoms with van der Waals surface area (Å²) in [5, 5.41) is 17.8. The fourth-order valence-corrected chi connectivity index (χ4v) is 5.21. The lowest BCUT2D eigenvalue weighted by Crippen LogP contribution is -2.36. The Morgan fingerprint density at radius 1 is 0.882 bits per heavy atom. The molecule has 0 aromatic carbocycles. The quantitative estimate of drug-likeness (QED) is 0.117. The Labute approximate surface area is 206 Å². The molecule has 2 aliphatic rings. The minimum Gasteiger partial charge on any atom is -0.394 e. The maximum absolute atomic E-state index is 11.9. The molecule has 0 aliphatic carbocycles. The Balaban J connectivity index is 1.26. The molecular weight excluding hydrogens is 466 g/mol. The van der Waals surface area contributed by atoms with Crippen LogP contribution >= 0.6 is 11.8 Å². The van der Waals surface area contributed by atoms with E-state index in [1.165, 1.54) is 0 Å². The first kappa shape index (κ1) is 29.1. The molecule has 0 aromatic rings. The Hall–Kier alpha value is -1.15. The Bertz CT molecular complexity index is 560. The summed E-state index contributed by atoms with van der Waals surface area (Å²) in [5.41, 5.74) is 0. The fraction of sp³-hybridized carbons (Fsp3) is 0.909. The third kappa shape index (κ3) is 13.1. The van der Waals surface area contributed by atoms with E-state index in [0.717, 1.165) is 25.0 Å². The lowest BCUT2D eigenvalue weighted by Gasteiger charge is -2.16. The topological polar surface area (TPSA) is 137 Å². The van der Waals surface area contributed by atoms with Crippen LogP contribution < -0.4 is 16.0 Å². The van der Waals surface area contributed by atoms with Gasteiger partial charge in [-0.1, -0.05) is 6.42 Å². The van der Waals surface area contributed by atoms with Crippen LogP contribution in [-0.2, 0) is 28.5 Å². The van der Waals surface area contributed by atoms with Crippen molar-refractivity contribution in [1.29, 1.82) is 0 Å². The summed E-state index contributed by atoms with van der Waals surface area (Å²) in [6, 6.07) is 0.428. The second kappa shape index (κ2) is 19.1. The molecule has 0 saturated carbocycles. The van der Waals surface area contributed by atoms with Crippen LogP contribution in [0.15, 0.2) is 0 Å². The molecule has 2 aliphatic heterocycles. The van der Waals surface area contributed by atoms with Gasteiger partial charge in [-0.2, -0.15) is 11.8 Å². The van der Waals surface area contributed by atoms with E-state index in [1.54, 1.807) is 0 Å². The highest BCUT2D eigenvalue weighted by molar-refractivity contribution is 8.00. The van der Waals surface area contributed by atoms with Crippen molar-refractivity contribution in [2.75, 3.05) is 85.0 Å². The predicted molar refractivity (Wildman–Crippen MR) is 128 cm³/mol. The van der Waals surface area contributed by atoms with Gasteiger partial charge in [0.05, 0.1) is 84.8 Å². The van der Waals surface area contributed by atoms with E-state index in [9.17, 15) is 9.59 Å². The summed E-state index contributed by atoms with van der Waals surface area (Å²) in [4.78, 5) is 23.3. The van der Waals surface area contributed by atoms with Crippen LogP contribution in [0.2, 0.25) is 0 Å². The van der Waals surface area contributed by atoms with Crippen LogP contribution in [0.1, 0.15) is 25.7 Å². The zero-order valence-electron chi connectivity index (χ0n) is 20.0. The normalized spacial score (nSPS) is 21.3. The van der Waals surface area contributed by atoms with Gasteiger partial charge < -0.3 is 44.7 Å². The molecule has 0 spiro atoms. The van der Waals surface area contributed by atoms with Crippen molar-refractivity contribution < 1.29 is 38.4 Å². The standard InChI is InChI=1S/C22H41N3O8S/c26-6-8-30-10-12-32-14-16-33-15-13-31-11-9-29-7-5-23-20(27)4-2-1-3-19-21-18(17-34-19)24-22(28)25-21/h18-19,21,26H,1-17H2,(H,23,27)(H2,24,25,28)/t18-,19+,21+/m1/s1. The number of urea groups is 1. The summed E-state index contributed by atoms with van der Waals surface area (Å²) in [7, 11) is 0. The second-order valence-electron chi connectivity index (χ2n) is 8.00. The number of rotatable bonds is 22. The van der Waals surface area contributed by atoms with Gasteiger partial charge in [0.1, 0.15) is 0 Å². The van der Waals surface area contributed by atoms with E-state index in [-0.39, 0.29) is 30.6 Å². The predicted octanol–water partition coefficient (Wildman–Crippen LogP) is -0.0963. The molecule has 2 rings (SSSR count). The first-order valence-electron chi connectivity index (χ1n) is 12.2. The third-order valence-electron chi connectivity index (χ3n) is 5.37. The smallest absolute Gasteiger partial charge is 0.315 e. The van der Waals surface area contributed by atoms with Crippen LogP contribution in [-0.4, -0.2) is 119 Å². The number of carbonyl (C=O) groups excluding carboxylic acids is 2. The fourth-order valence-electron chi connectivity index (χ4n) is 3.67. The molecule has 12 heteroatoms. The number of amides is 3. The molecule has 34 heavy (non-hydrogen) atoms. The minimum absolute atomic E-state index is 0.0226. The number of aliphatic hydroxyl groups is 1. The van der Waals surface area contributed by atoms with Crippen molar-refractivity contribution in [3.8, 4) is 0 Å². The van der Waals surface area contributed by atoms with Crippen molar-refractivity contribution in [2.45, 2.75) is 43.0 Å². The van der Waals surface area contributed by atoms with Crippen LogP contribution in [0.3, 0.4) is 0 Å². The van der Waals surface area contributed by atoms with Crippen molar-refractivity contribution in [3.63, 3.8) is 0 Å². The van der Waals surface area contributed by atoms with Gasteiger partial charge in [0.15, 0.2) is 0 Å². The molecule has 4 N–H and O–H groups in total. The van der Waals surface area contributed by atoms with E-state index in [4.69, 9.17) is 28.8 Å². The molecule has 0 bridgehead atoms. The highest BCUT2D eigenvalue weighted by Crippen LogP contribution is 2.33. The van der Waals surface area contributed by atoms with Crippen LogP contribution in [0.25, 0.3) is 0 Å². The van der Waals surface area contributed by atoms with Gasteiger partial charge in [-0.25, -0.2) is 4.79 Å². The van der Waals surface area contributed by atoms with E-state index < -0.39 is 0 Å². The van der Waals surface area contributed by atoms with Crippen molar-refractivity contribution in [2.24, 2.45) is 0 Å². The summed E-state index contributed by atoms with van der Waals surface area (Å²) < 4.78 is 26.6. The Morgan fingerprint density at radius 3 is 2.09 bits per heavy atom. The van der Waals surface area contributed by atoms with Crippen molar-refractivity contribution >= 4 is 23.7 Å². The van der Waals surface area contributed by atoms with E-state index in [2.05, 4.69) is 16.0 Å². The van der Waals surface area contributed by atoms with Crippen LogP contribution in [0.4, 0.5) is 4.79 Å².